The molecule has 2 heteroatoms. The van der Waals surface area contributed by atoms with E-state index >= 15 is 0 Å². The van der Waals surface area contributed by atoms with Gasteiger partial charge in [0.15, 0.2) is 0 Å². The first-order valence-electron chi connectivity index (χ1n) is 7.95. The minimum atomic E-state index is 0.675. The van der Waals surface area contributed by atoms with Gasteiger partial charge in [0.1, 0.15) is 0 Å². The van der Waals surface area contributed by atoms with E-state index in [1.165, 1.54) is 31.2 Å². The predicted molar refractivity (Wildman–Crippen MR) is 92.6 cm³/mol. The van der Waals surface area contributed by atoms with Gasteiger partial charge in [0.25, 0.3) is 0 Å². The second-order valence-electron chi connectivity index (χ2n) is 6.16. The van der Waals surface area contributed by atoms with E-state index in [-0.39, 0.29) is 0 Å². The molecule has 2 rings (SSSR count). The van der Waals surface area contributed by atoms with E-state index in [4.69, 9.17) is 11.6 Å². The standard InChI is InChI=1S/C19H26ClN/c1-15(2)21-14-18-8-6-16(7-9-18)4-3-5-17-10-12-19(20)13-11-17/h6,8,10-13,16,18,21H,1,3-5,7,9,14H2,2H3. The van der Waals surface area contributed by atoms with Crippen molar-refractivity contribution in [2.45, 2.75) is 39.0 Å². The summed E-state index contributed by atoms with van der Waals surface area (Å²) in [5.74, 6) is 1.44. The zero-order chi connectivity index (χ0) is 15.1. The van der Waals surface area contributed by atoms with Gasteiger partial charge in [-0.15, -0.1) is 0 Å². The fourth-order valence-electron chi connectivity index (χ4n) is 2.87. The summed E-state index contributed by atoms with van der Waals surface area (Å²) >= 11 is 5.91. The second-order valence-corrected chi connectivity index (χ2v) is 6.60. The van der Waals surface area contributed by atoms with Gasteiger partial charge in [0, 0.05) is 17.3 Å². The molecule has 2 atom stereocenters. The smallest absolute Gasteiger partial charge is 0.0406 e. The van der Waals surface area contributed by atoms with Gasteiger partial charge in [-0.3, -0.25) is 0 Å². The van der Waals surface area contributed by atoms with Crippen LogP contribution in [0.3, 0.4) is 0 Å². The molecular weight excluding hydrogens is 278 g/mol. The van der Waals surface area contributed by atoms with Crippen LogP contribution in [0.2, 0.25) is 5.02 Å². The summed E-state index contributed by atoms with van der Waals surface area (Å²) in [4.78, 5) is 0. The van der Waals surface area contributed by atoms with E-state index in [0.717, 1.165) is 29.6 Å². The molecule has 2 unspecified atom stereocenters. The molecule has 0 fully saturated rings. The first-order valence-corrected chi connectivity index (χ1v) is 8.33. The molecular formula is C19H26ClN. The molecule has 0 amide bonds. The molecule has 0 spiro atoms. The highest BCUT2D eigenvalue weighted by atomic mass is 35.5. The fraction of sp³-hybridized carbons (Fsp3) is 0.474. The van der Waals surface area contributed by atoms with Crippen LogP contribution in [0.25, 0.3) is 0 Å². The van der Waals surface area contributed by atoms with Gasteiger partial charge in [0.2, 0.25) is 0 Å². The van der Waals surface area contributed by atoms with Crippen molar-refractivity contribution in [2.24, 2.45) is 11.8 Å². The average Bonchev–Trinajstić information content (AvgIpc) is 2.48. The number of hydrogen-bond donors (Lipinski definition) is 1. The Hall–Kier alpha value is -1.21. The number of hydrogen-bond acceptors (Lipinski definition) is 1. The molecule has 1 nitrogen and oxygen atoms in total. The van der Waals surface area contributed by atoms with Crippen LogP contribution in [0.15, 0.2) is 48.7 Å². The molecule has 0 saturated carbocycles. The third-order valence-electron chi connectivity index (χ3n) is 4.18. The molecule has 0 bridgehead atoms. The van der Waals surface area contributed by atoms with Gasteiger partial charge in [0.05, 0.1) is 0 Å². The molecule has 1 aromatic rings. The molecule has 0 heterocycles. The van der Waals surface area contributed by atoms with Crippen molar-refractivity contribution in [3.05, 3.63) is 59.3 Å². The topological polar surface area (TPSA) is 12.0 Å². The van der Waals surface area contributed by atoms with E-state index in [0.29, 0.717) is 5.92 Å². The van der Waals surface area contributed by atoms with E-state index in [1.807, 2.05) is 19.1 Å². The molecule has 21 heavy (non-hydrogen) atoms. The molecule has 1 aromatic carbocycles. The van der Waals surface area contributed by atoms with Crippen molar-refractivity contribution in [2.75, 3.05) is 6.54 Å². The molecule has 114 valence electrons. The van der Waals surface area contributed by atoms with Crippen molar-refractivity contribution in [3.63, 3.8) is 0 Å². The molecule has 0 radical (unpaired) electrons. The Kier molecular flexibility index (Phi) is 6.38. The minimum absolute atomic E-state index is 0.675. The maximum absolute atomic E-state index is 5.91. The molecule has 0 saturated heterocycles. The van der Waals surface area contributed by atoms with Crippen LogP contribution in [0.1, 0.15) is 38.2 Å². The summed E-state index contributed by atoms with van der Waals surface area (Å²) in [6.45, 7) is 6.94. The summed E-state index contributed by atoms with van der Waals surface area (Å²) in [6, 6.07) is 8.24. The Morgan fingerprint density at radius 3 is 2.48 bits per heavy atom. The summed E-state index contributed by atoms with van der Waals surface area (Å²) in [7, 11) is 0. The lowest BCUT2D eigenvalue weighted by molar-refractivity contribution is 0.421. The third-order valence-corrected chi connectivity index (χ3v) is 4.44. The van der Waals surface area contributed by atoms with Gasteiger partial charge in [-0.2, -0.15) is 0 Å². The quantitative estimate of drug-likeness (QED) is 0.668. The van der Waals surface area contributed by atoms with E-state index in [9.17, 15) is 0 Å². The van der Waals surface area contributed by atoms with Gasteiger partial charge in [-0.05, 0) is 68.6 Å². The van der Waals surface area contributed by atoms with Crippen LogP contribution in [0.5, 0.6) is 0 Å². The average molecular weight is 304 g/mol. The Bertz CT molecular complexity index is 475. The van der Waals surface area contributed by atoms with Crippen LogP contribution in [-0.2, 0) is 6.42 Å². The first kappa shape index (κ1) is 16.2. The number of halogens is 1. The molecule has 1 aliphatic rings. The maximum atomic E-state index is 5.91. The normalized spacial score (nSPS) is 21.2. The number of aryl methyl sites for hydroxylation is 1. The molecule has 0 aromatic heterocycles. The lowest BCUT2D eigenvalue weighted by Crippen LogP contribution is -2.22. The van der Waals surface area contributed by atoms with Crippen molar-refractivity contribution >= 4 is 11.6 Å². The summed E-state index contributed by atoms with van der Waals surface area (Å²) in [5.41, 5.74) is 2.45. The van der Waals surface area contributed by atoms with Crippen molar-refractivity contribution < 1.29 is 0 Å². The lowest BCUT2D eigenvalue weighted by atomic mass is 9.85. The van der Waals surface area contributed by atoms with E-state index in [2.05, 4.69) is 36.2 Å². The zero-order valence-electron chi connectivity index (χ0n) is 12.9. The highest BCUT2D eigenvalue weighted by Gasteiger charge is 2.15. The van der Waals surface area contributed by atoms with Crippen molar-refractivity contribution in [3.8, 4) is 0 Å². The minimum Gasteiger partial charge on any atom is -0.388 e. The van der Waals surface area contributed by atoms with Crippen LogP contribution in [0, 0.1) is 11.8 Å². The first-order chi connectivity index (χ1) is 10.1. The predicted octanol–water partition coefficient (Wildman–Crippen LogP) is 5.37. The van der Waals surface area contributed by atoms with Crippen LogP contribution in [-0.4, -0.2) is 6.54 Å². The van der Waals surface area contributed by atoms with E-state index in [1.54, 1.807) is 0 Å². The SMILES string of the molecule is C=C(C)NCC1C=CC(CCCc2ccc(Cl)cc2)CC1. The van der Waals surface area contributed by atoms with Gasteiger partial charge < -0.3 is 5.32 Å². The molecule has 0 aliphatic heterocycles. The summed E-state index contributed by atoms with van der Waals surface area (Å²) in [5, 5.41) is 4.17. The lowest BCUT2D eigenvalue weighted by Gasteiger charge is -2.23. The number of allylic oxidation sites excluding steroid dienone is 2. The molecule has 1 N–H and O–H groups in total. The number of benzene rings is 1. The number of nitrogens with one attached hydrogen (secondary N) is 1. The van der Waals surface area contributed by atoms with Crippen molar-refractivity contribution in [1.29, 1.82) is 0 Å². The Morgan fingerprint density at radius 2 is 1.86 bits per heavy atom. The van der Waals surface area contributed by atoms with Crippen LogP contribution in [0.4, 0.5) is 0 Å². The van der Waals surface area contributed by atoms with Gasteiger partial charge >= 0.3 is 0 Å². The van der Waals surface area contributed by atoms with Crippen LogP contribution >= 0.6 is 11.6 Å². The van der Waals surface area contributed by atoms with Crippen LogP contribution < -0.4 is 5.32 Å². The largest absolute Gasteiger partial charge is 0.388 e. The van der Waals surface area contributed by atoms with Gasteiger partial charge in [-0.1, -0.05) is 42.5 Å². The van der Waals surface area contributed by atoms with E-state index < -0.39 is 0 Å². The number of rotatable bonds is 7. The second kappa shape index (κ2) is 8.29. The van der Waals surface area contributed by atoms with Crippen molar-refractivity contribution in [1.82, 2.24) is 5.32 Å². The molecule has 1 aliphatic carbocycles. The Labute approximate surface area is 134 Å². The zero-order valence-corrected chi connectivity index (χ0v) is 13.7. The summed E-state index contributed by atoms with van der Waals surface area (Å²) < 4.78 is 0. The fourth-order valence-corrected chi connectivity index (χ4v) is 3.00. The highest BCUT2D eigenvalue weighted by Crippen LogP contribution is 2.26. The monoisotopic (exact) mass is 303 g/mol. The highest BCUT2D eigenvalue weighted by molar-refractivity contribution is 6.30. The third kappa shape index (κ3) is 5.97. The maximum Gasteiger partial charge on any atom is 0.0406 e. The van der Waals surface area contributed by atoms with Gasteiger partial charge in [-0.25, -0.2) is 0 Å². The Balaban J connectivity index is 1.67. The Morgan fingerprint density at radius 1 is 1.19 bits per heavy atom. The summed E-state index contributed by atoms with van der Waals surface area (Å²) in [6.07, 6.45) is 11.1.